The first-order chi connectivity index (χ1) is 9.70. The van der Waals surface area contributed by atoms with Gasteiger partial charge < -0.3 is 9.64 Å². The number of nitrogens with zero attached hydrogens (tertiary/aromatic N) is 4. The van der Waals surface area contributed by atoms with E-state index in [-0.39, 0.29) is 0 Å². The molecule has 0 amide bonds. The summed E-state index contributed by atoms with van der Waals surface area (Å²) in [6.07, 6.45) is 2.43. The second-order valence-corrected chi connectivity index (χ2v) is 5.36. The molecule has 1 fully saturated rings. The summed E-state index contributed by atoms with van der Waals surface area (Å²) in [5.74, 6) is 2.41. The maximum Gasteiger partial charge on any atom is 0.227 e. The van der Waals surface area contributed by atoms with E-state index in [2.05, 4.69) is 15.1 Å². The summed E-state index contributed by atoms with van der Waals surface area (Å²) < 4.78 is 7.40. The van der Waals surface area contributed by atoms with Crippen LogP contribution in [-0.4, -0.2) is 35.0 Å². The first kappa shape index (κ1) is 13.2. The van der Waals surface area contributed by atoms with Gasteiger partial charge in [0.25, 0.3) is 0 Å². The number of benzene rings is 1. The normalized spacial score (nSPS) is 14.8. The van der Waals surface area contributed by atoms with Gasteiger partial charge in [0.05, 0.1) is 12.7 Å². The van der Waals surface area contributed by atoms with Gasteiger partial charge in [-0.1, -0.05) is 11.6 Å². The van der Waals surface area contributed by atoms with E-state index in [1.54, 1.807) is 13.2 Å². The minimum Gasteiger partial charge on any atom is -0.496 e. The third-order valence-corrected chi connectivity index (χ3v) is 3.88. The van der Waals surface area contributed by atoms with E-state index in [0.717, 1.165) is 30.4 Å². The minimum atomic E-state index is 0.646. The molecule has 5 nitrogen and oxygen atoms in total. The molecular formula is C14H17ClN4O. The van der Waals surface area contributed by atoms with Crippen LogP contribution in [0.3, 0.4) is 0 Å². The molecular weight excluding hydrogens is 276 g/mol. The topological polar surface area (TPSA) is 43.2 Å². The van der Waals surface area contributed by atoms with Crippen molar-refractivity contribution < 1.29 is 4.74 Å². The molecule has 3 rings (SSSR count). The van der Waals surface area contributed by atoms with Crippen LogP contribution in [0.2, 0.25) is 5.02 Å². The summed E-state index contributed by atoms with van der Waals surface area (Å²) in [6.45, 7) is 2.09. The first-order valence-electron chi connectivity index (χ1n) is 6.69. The molecule has 1 aliphatic heterocycles. The van der Waals surface area contributed by atoms with E-state index in [1.807, 2.05) is 23.7 Å². The van der Waals surface area contributed by atoms with Crippen LogP contribution in [0.4, 0.5) is 5.95 Å². The highest BCUT2D eigenvalue weighted by Crippen LogP contribution is 2.32. The van der Waals surface area contributed by atoms with E-state index in [0.29, 0.717) is 10.8 Å². The van der Waals surface area contributed by atoms with Crippen molar-refractivity contribution in [2.75, 3.05) is 25.1 Å². The van der Waals surface area contributed by atoms with Crippen LogP contribution in [0.1, 0.15) is 12.8 Å². The lowest BCUT2D eigenvalue weighted by molar-refractivity contribution is 0.416. The smallest absolute Gasteiger partial charge is 0.227 e. The van der Waals surface area contributed by atoms with Gasteiger partial charge in [0.15, 0.2) is 5.82 Å². The minimum absolute atomic E-state index is 0.646. The summed E-state index contributed by atoms with van der Waals surface area (Å²) in [7, 11) is 3.62. The first-order valence-corrected chi connectivity index (χ1v) is 7.07. The molecule has 2 heterocycles. The molecule has 2 aromatic rings. The Bertz CT molecular complexity index is 620. The number of methoxy groups -OCH3 is 1. The Hall–Kier alpha value is -1.75. The third kappa shape index (κ3) is 2.22. The molecule has 0 atom stereocenters. The number of anilines is 1. The quantitative estimate of drug-likeness (QED) is 0.872. The molecule has 0 radical (unpaired) electrons. The molecule has 106 valence electrons. The Balaban J connectivity index is 2.02. The molecule has 1 aromatic carbocycles. The van der Waals surface area contributed by atoms with Crippen LogP contribution in [0.25, 0.3) is 11.4 Å². The molecule has 0 aliphatic carbocycles. The average Bonchev–Trinajstić information content (AvgIpc) is 3.08. The Morgan fingerprint density at radius 3 is 2.65 bits per heavy atom. The van der Waals surface area contributed by atoms with Crippen molar-refractivity contribution in [2.24, 2.45) is 7.05 Å². The Kier molecular flexibility index (Phi) is 3.53. The fourth-order valence-corrected chi connectivity index (χ4v) is 2.76. The fourth-order valence-electron chi connectivity index (χ4n) is 2.60. The lowest BCUT2D eigenvalue weighted by atomic mass is 10.2. The second kappa shape index (κ2) is 5.32. The highest BCUT2D eigenvalue weighted by molar-refractivity contribution is 6.30. The van der Waals surface area contributed by atoms with Gasteiger partial charge in [0.2, 0.25) is 5.95 Å². The highest BCUT2D eigenvalue weighted by Gasteiger charge is 2.21. The van der Waals surface area contributed by atoms with Crippen molar-refractivity contribution in [3.05, 3.63) is 23.2 Å². The van der Waals surface area contributed by atoms with Gasteiger partial charge in [0.1, 0.15) is 5.75 Å². The molecule has 0 saturated carbocycles. The molecule has 0 spiro atoms. The third-order valence-electron chi connectivity index (χ3n) is 3.65. The van der Waals surface area contributed by atoms with Crippen molar-refractivity contribution in [3.63, 3.8) is 0 Å². The van der Waals surface area contributed by atoms with Crippen LogP contribution < -0.4 is 9.64 Å². The Morgan fingerprint density at radius 2 is 1.95 bits per heavy atom. The van der Waals surface area contributed by atoms with Crippen LogP contribution in [0.5, 0.6) is 5.75 Å². The zero-order valence-corrected chi connectivity index (χ0v) is 12.4. The zero-order valence-electron chi connectivity index (χ0n) is 11.6. The van der Waals surface area contributed by atoms with Gasteiger partial charge >= 0.3 is 0 Å². The predicted octanol–water partition coefficient (Wildman–Crippen LogP) is 2.74. The fraction of sp³-hybridized carbons (Fsp3) is 0.429. The van der Waals surface area contributed by atoms with Crippen LogP contribution >= 0.6 is 11.6 Å². The van der Waals surface area contributed by atoms with Crippen LogP contribution in [0.15, 0.2) is 18.2 Å². The van der Waals surface area contributed by atoms with Crippen LogP contribution in [0, 0.1) is 0 Å². The SMILES string of the molecule is COc1cc(Cl)ccc1-c1nnc(N2CCCC2)n1C. The van der Waals surface area contributed by atoms with Gasteiger partial charge in [-0.05, 0) is 31.0 Å². The van der Waals surface area contributed by atoms with Gasteiger partial charge in [-0.3, -0.25) is 4.57 Å². The number of hydrogen-bond acceptors (Lipinski definition) is 4. The van der Waals surface area contributed by atoms with Gasteiger partial charge in [0, 0.05) is 25.2 Å². The molecule has 0 N–H and O–H groups in total. The van der Waals surface area contributed by atoms with Crippen molar-refractivity contribution >= 4 is 17.5 Å². The van der Waals surface area contributed by atoms with Gasteiger partial charge in [-0.25, -0.2) is 0 Å². The number of halogens is 1. The molecule has 0 unspecified atom stereocenters. The van der Waals surface area contributed by atoms with Crippen LogP contribution in [-0.2, 0) is 7.05 Å². The average molecular weight is 293 g/mol. The molecule has 6 heteroatoms. The van der Waals surface area contributed by atoms with E-state index in [4.69, 9.17) is 16.3 Å². The molecule has 1 aliphatic rings. The number of aromatic nitrogens is 3. The summed E-state index contributed by atoms with van der Waals surface area (Å²) >= 11 is 6.00. The van der Waals surface area contributed by atoms with Crippen molar-refractivity contribution in [1.29, 1.82) is 0 Å². The number of rotatable bonds is 3. The van der Waals surface area contributed by atoms with E-state index >= 15 is 0 Å². The lowest BCUT2D eigenvalue weighted by Gasteiger charge is -2.16. The van der Waals surface area contributed by atoms with Crippen molar-refractivity contribution in [3.8, 4) is 17.1 Å². The highest BCUT2D eigenvalue weighted by atomic mass is 35.5. The Labute approximate surface area is 123 Å². The summed E-state index contributed by atoms with van der Waals surface area (Å²) in [6, 6.07) is 5.55. The van der Waals surface area contributed by atoms with Gasteiger partial charge in [-0.2, -0.15) is 0 Å². The second-order valence-electron chi connectivity index (χ2n) is 4.92. The Morgan fingerprint density at radius 1 is 1.20 bits per heavy atom. The summed E-state index contributed by atoms with van der Waals surface area (Å²) in [5, 5.41) is 9.29. The largest absolute Gasteiger partial charge is 0.496 e. The standard InChI is InChI=1S/C14H17ClN4O/c1-18-13(11-6-5-10(15)9-12(11)20-2)16-17-14(18)19-7-3-4-8-19/h5-6,9H,3-4,7-8H2,1-2H3. The van der Waals surface area contributed by atoms with Crippen molar-refractivity contribution in [2.45, 2.75) is 12.8 Å². The number of ether oxygens (including phenoxy) is 1. The number of hydrogen-bond donors (Lipinski definition) is 0. The van der Waals surface area contributed by atoms with E-state index < -0.39 is 0 Å². The van der Waals surface area contributed by atoms with Gasteiger partial charge in [-0.15, -0.1) is 10.2 Å². The molecule has 1 aromatic heterocycles. The van der Waals surface area contributed by atoms with Crippen molar-refractivity contribution in [1.82, 2.24) is 14.8 Å². The molecule has 20 heavy (non-hydrogen) atoms. The lowest BCUT2D eigenvalue weighted by Crippen LogP contribution is -2.21. The summed E-state index contributed by atoms with van der Waals surface area (Å²) in [4.78, 5) is 2.26. The summed E-state index contributed by atoms with van der Waals surface area (Å²) in [5.41, 5.74) is 0.900. The zero-order chi connectivity index (χ0) is 14.1. The maximum absolute atomic E-state index is 6.00. The molecule has 1 saturated heterocycles. The monoisotopic (exact) mass is 292 g/mol. The van der Waals surface area contributed by atoms with E-state index in [1.165, 1.54) is 12.8 Å². The predicted molar refractivity (Wildman–Crippen MR) is 79.4 cm³/mol. The molecule has 0 bridgehead atoms. The van der Waals surface area contributed by atoms with E-state index in [9.17, 15) is 0 Å². The maximum atomic E-state index is 6.00.